The smallest absolute Gasteiger partial charge is 0.242 e. The van der Waals surface area contributed by atoms with Crippen molar-refractivity contribution in [1.82, 2.24) is 19.3 Å². The zero-order chi connectivity index (χ0) is 20.8. The van der Waals surface area contributed by atoms with Gasteiger partial charge in [-0.25, -0.2) is 4.98 Å². The molecule has 150 valence electrons. The maximum atomic E-state index is 12.1. The fourth-order valence-corrected chi connectivity index (χ4v) is 4.32. The highest BCUT2D eigenvalue weighted by molar-refractivity contribution is 6.30. The Hall–Kier alpha value is -3.38. The number of hydrogen-bond acceptors (Lipinski definition) is 4. The SMILES string of the molecule is Cc1ccc([C@@H](c2ccc(Cl)cc2)[C@H]2Cn3ccnc3-c3c(O)c(=O)cnn32)cc1. The molecule has 4 aromatic rings. The molecule has 0 radical (unpaired) electrons. The number of aromatic hydroxyl groups is 1. The summed E-state index contributed by atoms with van der Waals surface area (Å²) in [5, 5.41) is 15.7. The molecule has 6 nitrogen and oxygen atoms in total. The second-order valence-corrected chi connectivity index (χ2v) is 8.00. The van der Waals surface area contributed by atoms with Gasteiger partial charge in [-0.3, -0.25) is 9.48 Å². The molecule has 1 N–H and O–H groups in total. The molecular formula is C23H19ClN4O2. The number of hydrogen-bond donors (Lipinski definition) is 1. The predicted molar refractivity (Wildman–Crippen MR) is 115 cm³/mol. The van der Waals surface area contributed by atoms with E-state index in [2.05, 4.69) is 41.3 Å². The highest BCUT2D eigenvalue weighted by Gasteiger charge is 2.35. The molecule has 5 rings (SSSR count). The van der Waals surface area contributed by atoms with E-state index in [1.54, 1.807) is 10.9 Å². The van der Waals surface area contributed by atoms with Crippen LogP contribution >= 0.6 is 11.6 Å². The van der Waals surface area contributed by atoms with Gasteiger partial charge in [0.25, 0.3) is 0 Å². The van der Waals surface area contributed by atoms with Crippen molar-refractivity contribution in [2.75, 3.05) is 0 Å². The normalized spacial score (nSPS) is 16.0. The standard InChI is InChI=1S/C23H19ClN4O2/c1-14-2-4-15(5-3-14)20(16-6-8-17(24)9-7-16)18-13-27-11-10-25-23(27)21-22(30)19(29)12-26-28(18)21/h2-12,18,20,30H,13H2,1H3/t18-,20+/m1/s1. The van der Waals surface area contributed by atoms with E-state index in [0.717, 1.165) is 11.1 Å². The van der Waals surface area contributed by atoms with Crippen molar-refractivity contribution < 1.29 is 5.11 Å². The van der Waals surface area contributed by atoms with E-state index in [1.807, 2.05) is 35.0 Å². The highest BCUT2D eigenvalue weighted by atomic mass is 35.5. The van der Waals surface area contributed by atoms with Gasteiger partial charge in [0, 0.05) is 29.9 Å². The zero-order valence-electron chi connectivity index (χ0n) is 16.2. The molecule has 0 aliphatic carbocycles. The number of rotatable bonds is 3. The molecule has 0 bridgehead atoms. The van der Waals surface area contributed by atoms with Gasteiger partial charge >= 0.3 is 0 Å². The van der Waals surface area contributed by atoms with Crippen LogP contribution in [-0.2, 0) is 6.54 Å². The van der Waals surface area contributed by atoms with Crippen molar-refractivity contribution in [3.63, 3.8) is 0 Å². The van der Waals surface area contributed by atoms with Crippen LogP contribution in [0.2, 0.25) is 5.02 Å². The van der Waals surface area contributed by atoms with Gasteiger partial charge in [0.2, 0.25) is 5.43 Å². The van der Waals surface area contributed by atoms with Crippen LogP contribution in [0.1, 0.15) is 28.7 Å². The Morgan fingerprint density at radius 3 is 2.47 bits per heavy atom. The van der Waals surface area contributed by atoms with Crippen molar-refractivity contribution in [2.24, 2.45) is 0 Å². The molecule has 0 saturated heterocycles. The van der Waals surface area contributed by atoms with Crippen LogP contribution in [0, 0.1) is 6.92 Å². The quantitative estimate of drug-likeness (QED) is 0.542. The van der Waals surface area contributed by atoms with Gasteiger partial charge in [0.15, 0.2) is 11.6 Å². The first-order valence-electron chi connectivity index (χ1n) is 9.67. The van der Waals surface area contributed by atoms with Crippen molar-refractivity contribution in [3.8, 4) is 17.3 Å². The lowest BCUT2D eigenvalue weighted by molar-refractivity contribution is 0.331. The third kappa shape index (κ3) is 3.00. The molecule has 3 heterocycles. The monoisotopic (exact) mass is 418 g/mol. The summed E-state index contributed by atoms with van der Waals surface area (Å²) >= 11 is 6.14. The summed E-state index contributed by atoms with van der Waals surface area (Å²) in [6, 6.07) is 16.0. The molecule has 0 unspecified atom stereocenters. The Morgan fingerprint density at radius 1 is 1.10 bits per heavy atom. The molecule has 2 atom stereocenters. The summed E-state index contributed by atoms with van der Waals surface area (Å²) in [6.45, 7) is 2.65. The minimum Gasteiger partial charge on any atom is -0.503 e. The van der Waals surface area contributed by atoms with Gasteiger partial charge in [0.05, 0.1) is 12.2 Å². The van der Waals surface area contributed by atoms with E-state index in [0.29, 0.717) is 23.1 Å². The number of fused-ring (bicyclic) bond motifs is 3. The van der Waals surface area contributed by atoms with E-state index < -0.39 is 5.43 Å². The lowest BCUT2D eigenvalue weighted by Gasteiger charge is -2.34. The molecule has 0 spiro atoms. The fraction of sp³-hybridized carbons (Fsp3) is 0.174. The molecular weight excluding hydrogens is 400 g/mol. The van der Waals surface area contributed by atoms with Gasteiger partial charge in [-0.2, -0.15) is 5.10 Å². The Bertz CT molecular complexity index is 1230. The number of aromatic nitrogens is 4. The van der Waals surface area contributed by atoms with Crippen LogP contribution in [0.4, 0.5) is 0 Å². The van der Waals surface area contributed by atoms with Crippen molar-refractivity contribution in [2.45, 2.75) is 25.4 Å². The van der Waals surface area contributed by atoms with E-state index in [9.17, 15) is 9.90 Å². The summed E-state index contributed by atoms with van der Waals surface area (Å²) in [5.41, 5.74) is 3.18. The van der Waals surface area contributed by atoms with Crippen LogP contribution in [0.5, 0.6) is 5.75 Å². The zero-order valence-corrected chi connectivity index (χ0v) is 17.0. The molecule has 2 aromatic heterocycles. The minimum atomic E-state index is -0.519. The number of nitrogens with zero attached hydrogens (tertiary/aromatic N) is 4. The summed E-state index contributed by atoms with van der Waals surface area (Å²) in [7, 11) is 0. The van der Waals surface area contributed by atoms with Crippen molar-refractivity contribution in [3.05, 3.63) is 99.1 Å². The summed E-state index contributed by atoms with van der Waals surface area (Å²) in [6.07, 6.45) is 4.69. The van der Waals surface area contributed by atoms with Crippen LogP contribution in [0.3, 0.4) is 0 Å². The number of imidazole rings is 1. The third-order valence-electron chi connectivity index (χ3n) is 5.66. The molecule has 0 amide bonds. The first-order chi connectivity index (χ1) is 14.5. The van der Waals surface area contributed by atoms with E-state index in [-0.39, 0.29) is 17.7 Å². The first-order valence-corrected chi connectivity index (χ1v) is 10.0. The van der Waals surface area contributed by atoms with Crippen LogP contribution in [-0.4, -0.2) is 24.4 Å². The lowest BCUT2D eigenvalue weighted by Crippen LogP contribution is -2.32. The molecule has 0 fully saturated rings. The van der Waals surface area contributed by atoms with Gasteiger partial charge in [-0.1, -0.05) is 53.6 Å². The average molecular weight is 419 g/mol. The van der Waals surface area contributed by atoms with Crippen molar-refractivity contribution in [1.29, 1.82) is 0 Å². The van der Waals surface area contributed by atoms with E-state index in [4.69, 9.17) is 11.6 Å². The third-order valence-corrected chi connectivity index (χ3v) is 5.91. The molecule has 1 aliphatic heterocycles. The van der Waals surface area contributed by atoms with Gasteiger partial charge in [0.1, 0.15) is 5.69 Å². The first kappa shape index (κ1) is 18.6. The predicted octanol–water partition coefficient (Wildman–Crippen LogP) is 4.16. The second-order valence-electron chi connectivity index (χ2n) is 7.56. The average Bonchev–Trinajstić information content (AvgIpc) is 3.22. The fourth-order valence-electron chi connectivity index (χ4n) is 4.20. The summed E-state index contributed by atoms with van der Waals surface area (Å²) in [4.78, 5) is 16.5. The molecule has 7 heteroatoms. The highest BCUT2D eigenvalue weighted by Crippen LogP contribution is 2.42. The minimum absolute atomic E-state index is 0.0773. The Labute approximate surface area is 178 Å². The van der Waals surface area contributed by atoms with Gasteiger partial charge in [-0.15, -0.1) is 0 Å². The maximum Gasteiger partial charge on any atom is 0.242 e. The van der Waals surface area contributed by atoms with Gasteiger partial charge < -0.3 is 9.67 Å². The van der Waals surface area contributed by atoms with Gasteiger partial charge in [-0.05, 0) is 30.2 Å². The van der Waals surface area contributed by atoms with Crippen molar-refractivity contribution >= 4 is 11.6 Å². The number of halogens is 1. The Balaban J connectivity index is 1.74. The van der Waals surface area contributed by atoms with Crippen LogP contribution in [0.25, 0.3) is 11.5 Å². The van der Waals surface area contributed by atoms with Crippen LogP contribution < -0.4 is 5.43 Å². The number of benzene rings is 2. The summed E-state index contributed by atoms with van der Waals surface area (Å²) in [5.74, 6) is 0.125. The Morgan fingerprint density at radius 2 is 1.77 bits per heavy atom. The van der Waals surface area contributed by atoms with E-state index in [1.165, 1.54) is 11.8 Å². The lowest BCUT2D eigenvalue weighted by atomic mass is 9.84. The van der Waals surface area contributed by atoms with E-state index >= 15 is 0 Å². The molecule has 1 aliphatic rings. The largest absolute Gasteiger partial charge is 0.503 e. The second kappa shape index (κ2) is 7.15. The Kier molecular flexibility index (Phi) is 4.44. The van der Waals surface area contributed by atoms with Crippen LogP contribution in [0.15, 0.2) is 71.9 Å². The molecule has 2 aromatic carbocycles. The summed E-state index contributed by atoms with van der Waals surface area (Å²) < 4.78 is 3.69. The molecule has 30 heavy (non-hydrogen) atoms. The number of aryl methyl sites for hydroxylation is 1. The molecule has 0 saturated carbocycles. The maximum absolute atomic E-state index is 12.1. The topological polar surface area (TPSA) is 72.9 Å².